The Labute approximate surface area is 156 Å². The summed E-state index contributed by atoms with van der Waals surface area (Å²) in [6.45, 7) is 3.84. The molecule has 0 spiro atoms. The first-order valence-electron chi connectivity index (χ1n) is 7.86. The molecule has 6 nitrogen and oxygen atoms in total. The third-order valence-corrected chi connectivity index (χ3v) is 4.24. The quantitative estimate of drug-likeness (QED) is 0.381. The number of aromatic nitrogens is 1. The van der Waals surface area contributed by atoms with E-state index in [1.165, 1.54) is 4.90 Å². The fraction of sp³-hybridized carbons (Fsp3) is 0.105. The molecular formula is C19H17N3O3S. The zero-order chi connectivity index (χ0) is 18.7. The largest absolute Gasteiger partial charge is 0.497 e. The van der Waals surface area contributed by atoms with Crippen LogP contribution < -0.4 is 10.1 Å². The molecule has 2 heterocycles. The highest BCUT2D eigenvalue weighted by molar-refractivity contribution is 7.80. The second-order valence-electron chi connectivity index (χ2n) is 5.52. The molecule has 1 aliphatic rings. The van der Waals surface area contributed by atoms with Gasteiger partial charge >= 0.3 is 0 Å². The molecule has 132 valence electrons. The van der Waals surface area contributed by atoms with Crippen molar-refractivity contribution in [1.29, 1.82) is 0 Å². The fourth-order valence-corrected chi connectivity index (χ4v) is 2.88. The molecule has 0 unspecified atom stereocenters. The monoisotopic (exact) mass is 367 g/mol. The highest BCUT2D eigenvalue weighted by Crippen LogP contribution is 2.20. The van der Waals surface area contributed by atoms with E-state index in [9.17, 15) is 9.59 Å². The Morgan fingerprint density at radius 2 is 1.96 bits per heavy atom. The Balaban J connectivity index is 1.98. The van der Waals surface area contributed by atoms with E-state index in [1.807, 2.05) is 47.2 Å². The zero-order valence-electron chi connectivity index (χ0n) is 14.1. The number of hydrogen-bond acceptors (Lipinski definition) is 4. The molecule has 0 radical (unpaired) electrons. The lowest BCUT2D eigenvalue weighted by Crippen LogP contribution is -2.53. The van der Waals surface area contributed by atoms with Gasteiger partial charge in [-0.3, -0.25) is 19.8 Å². The predicted octanol–water partition coefficient (Wildman–Crippen LogP) is 2.30. The van der Waals surface area contributed by atoms with Gasteiger partial charge in [-0.1, -0.05) is 6.08 Å². The minimum Gasteiger partial charge on any atom is -0.497 e. The van der Waals surface area contributed by atoms with Crippen LogP contribution in [0.5, 0.6) is 5.75 Å². The van der Waals surface area contributed by atoms with Crippen molar-refractivity contribution >= 4 is 35.2 Å². The van der Waals surface area contributed by atoms with Gasteiger partial charge in [-0.25, -0.2) is 0 Å². The summed E-state index contributed by atoms with van der Waals surface area (Å²) in [6.07, 6.45) is 4.96. The van der Waals surface area contributed by atoms with Crippen LogP contribution in [-0.4, -0.2) is 40.0 Å². The molecule has 0 bridgehead atoms. The number of amides is 2. The second-order valence-corrected chi connectivity index (χ2v) is 5.91. The molecule has 2 amide bonds. The average molecular weight is 367 g/mol. The maximum atomic E-state index is 12.6. The molecule has 1 aliphatic heterocycles. The van der Waals surface area contributed by atoms with E-state index in [0.717, 1.165) is 11.4 Å². The van der Waals surface area contributed by atoms with Gasteiger partial charge in [0.1, 0.15) is 11.3 Å². The van der Waals surface area contributed by atoms with Crippen molar-refractivity contribution in [2.75, 3.05) is 13.7 Å². The van der Waals surface area contributed by atoms with Gasteiger partial charge in [0.25, 0.3) is 11.8 Å². The summed E-state index contributed by atoms with van der Waals surface area (Å²) in [6, 6.07) is 11.1. The van der Waals surface area contributed by atoms with E-state index < -0.39 is 11.8 Å². The normalized spacial score (nSPS) is 16.0. The van der Waals surface area contributed by atoms with Gasteiger partial charge in [-0.15, -0.1) is 6.58 Å². The van der Waals surface area contributed by atoms with Crippen molar-refractivity contribution in [2.24, 2.45) is 0 Å². The highest BCUT2D eigenvalue weighted by atomic mass is 32.1. The van der Waals surface area contributed by atoms with Crippen LogP contribution in [0.25, 0.3) is 11.8 Å². The Morgan fingerprint density at radius 3 is 2.62 bits per heavy atom. The molecule has 3 rings (SSSR count). The van der Waals surface area contributed by atoms with E-state index in [0.29, 0.717) is 5.69 Å². The van der Waals surface area contributed by atoms with E-state index in [-0.39, 0.29) is 17.2 Å². The smallest absolute Gasteiger partial charge is 0.266 e. The molecule has 1 saturated heterocycles. The van der Waals surface area contributed by atoms with E-state index in [4.69, 9.17) is 17.0 Å². The number of hydrogen-bond donors (Lipinski definition) is 1. The van der Waals surface area contributed by atoms with Crippen LogP contribution in [0.4, 0.5) is 0 Å². The second kappa shape index (κ2) is 7.37. The van der Waals surface area contributed by atoms with Crippen LogP contribution in [-0.2, 0) is 9.59 Å². The molecule has 0 saturated carbocycles. The van der Waals surface area contributed by atoms with Gasteiger partial charge in [-0.2, -0.15) is 0 Å². The maximum absolute atomic E-state index is 12.6. The Morgan fingerprint density at radius 1 is 1.23 bits per heavy atom. The zero-order valence-corrected chi connectivity index (χ0v) is 15.0. The van der Waals surface area contributed by atoms with Gasteiger partial charge in [0.2, 0.25) is 0 Å². The molecule has 26 heavy (non-hydrogen) atoms. The standard InChI is InChI=1S/C19H17N3O3S/c1-3-10-22-18(24)16(17(23)20-19(22)26)12-14-5-4-11-21(14)13-6-8-15(25-2)9-7-13/h3-9,11-12H,1,10H2,2H3,(H,20,23,26)/b16-12-. The third-order valence-electron chi connectivity index (χ3n) is 3.92. The number of carbonyl (C=O) groups is 2. The van der Waals surface area contributed by atoms with Gasteiger partial charge in [0, 0.05) is 24.1 Å². The van der Waals surface area contributed by atoms with Crippen LogP contribution >= 0.6 is 12.2 Å². The van der Waals surface area contributed by atoms with Gasteiger partial charge in [-0.05, 0) is 54.7 Å². The van der Waals surface area contributed by atoms with Crippen LogP contribution in [0.3, 0.4) is 0 Å². The lowest BCUT2D eigenvalue weighted by molar-refractivity contribution is -0.128. The topological polar surface area (TPSA) is 63.6 Å². The first-order valence-corrected chi connectivity index (χ1v) is 8.27. The number of carbonyl (C=O) groups excluding carboxylic acids is 2. The first kappa shape index (κ1) is 17.6. The van der Waals surface area contributed by atoms with Gasteiger partial charge < -0.3 is 9.30 Å². The highest BCUT2D eigenvalue weighted by Gasteiger charge is 2.32. The number of ether oxygens (including phenoxy) is 1. The molecule has 1 aromatic heterocycles. The fourth-order valence-electron chi connectivity index (χ4n) is 2.63. The summed E-state index contributed by atoms with van der Waals surface area (Å²) < 4.78 is 7.04. The van der Waals surface area contributed by atoms with Crippen LogP contribution in [0.15, 0.2) is 60.8 Å². The number of nitrogens with zero attached hydrogens (tertiary/aromatic N) is 2. The third kappa shape index (κ3) is 3.29. The lowest BCUT2D eigenvalue weighted by Gasteiger charge is -2.27. The van der Waals surface area contributed by atoms with Crippen molar-refractivity contribution in [2.45, 2.75) is 0 Å². The molecule has 1 fully saturated rings. The van der Waals surface area contributed by atoms with Crippen LogP contribution in [0.2, 0.25) is 0 Å². The Hall–Kier alpha value is -3.19. The van der Waals surface area contributed by atoms with Crippen molar-refractivity contribution in [3.05, 3.63) is 66.5 Å². The van der Waals surface area contributed by atoms with Gasteiger partial charge in [0.15, 0.2) is 5.11 Å². The molecule has 7 heteroatoms. The van der Waals surface area contributed by atoms with E-state index in [1.54, 1.807) is 19.3 Å². The molecule has 1 aromatic carbocycles. The molecular weight excluding hydrogens is 350 g/mol. The van der Waals surface area contributed by atoms with Crippen molar-refractivity contribution in [3.63, 3.8) is 0 Å². The Kier molecular flexibility index (Phi) is 4.99. The van der Waals surface area contributed by atoms with Gasteiger partial charge in [0.05, 0.1) is 7.11 Å². The summed E-state index contributed by atoms with van der Waals surface area (Å²) in [4.78, 5) is 26.2. The van der Waals surface area contributed by atoms with Crippen LogP contribution in [0, 0.1) is 0 Å². The van der Waals surface area contributed by atoms with E-state index in [2.05, 4.69) is 11.9 Å². The van der Waals surface area contributed by atoms with Crippen molar-refractivity contribution in [1.82, 2.24) is 14.8 Å². The van der Waals surface area contributed by atoms with Crippen molar-refractivity contribution < 1.29 is 14.3 Å². The summed E-state index contributed by atoms with van der Waals surface area (Å²) in [5.74, 6) is -0.208. The van der Waals surface area contributed by atoms with E-state index >= 15 is 0 Å². The molecule has 1 N–H and O–H groups in total. The summed E-state index contributed by atoms with van der Waals surface area (Å²) in [5.41, 5.74) is 1.60. The average Bonchev–Trinajstić information content (AvgIpc) is 3.10. The SMILES string of the molecule is C=CCN1C(=O)/C(=C\c2cccn2-c2ccc(OC)cc2)C(=O)NC1=S. The summed E-state index contributed by atoms with van der Waals surface area (Å²) in [5, 5.41) is 2.62. The lowest BCUT2D eigenvalue weighted by atomic mass is 10.1. The minimum absolute atomic E-state index is 0.0221. The number of benzene rings is 1. The number of methoxy groups -OCH3 is 1. The Bertz CT molecular complexity index is 912. The summed E-state index contributed by atoms with van der Waals surface area (Å²) in [7, 11) is 1.60. The molecule has 2 aromatic rings. The summed E-state index contributed by atoms with van der Waals surface area (Å²) >= 11 is 5.05. The molecule has 0 aliphatic carbocycles. The number of nitrogens with one attached hydrogen (secondary N) is 1. The predicted molar refractivity (Wildman–Crippen MR) is 103 cm³/mol. The first-order chi connectivity index (χ1) is 12.5. The maximum Gasteiger partial charge on any atom is 0.266 e. The number of rotatable bonds is 5. The minimum atomic E-state index is -0.511. The number of thiocarbonyl (C=S) groups is 1. The molecule has 0 atom stereocenters. The van der Waals surface area contributed by atoms with Crippen LogP contribution in [0.1, 0.15) is 5.69 Å². The van der Waals surface area contributed by atoms with Crippen molar-refractivity contribution in [3.8, 4) is 11.4 Å².